The maximum absolute atomic E-state index is 11.1. The summed E-state index contributed by atoms with van der Waals surface area (Å²) in [6.07, 6.45) is 1.53. The van der Waals surface area contributed by atoms with Gasteiger partial charge in [0.2, 0.25) is 0 Å². The van der Waals surface area contributed by atoms with Gasteiger partial charge in [-0.3, -0.25) is 9.78 Å². The predicted molar refractivity (Wildman–Crippen MR) is 68.5 cm³/mol. The van der Waals surface area contributed by atoms with E-state index in [0.29, 0.717) is 0 Å². The molecule has 1 fully saturated rings. The van der Waals surface area contributed by atoms with Crippen molar-refractivity contribution >= 4 is 18.5 Å². The topological polar surface area (TPSA) is 74.4 Å². The lowest BCUT2D eigenvalue weighted by atomic mass is 9.79. The number of carbonyl (C=O) groups excluding carboxylic acids is 1. The predicted octanol–water partition coefficient (Wildman–Crippen LogP) is 0.480. The number of aromatic nitrogens is 1. The van der Waals surface area contributed by atoms with Crippen molar-refractivity contribution in [1.29, 1.82) is 0 Å². The van der Waals surface area contributed by atoms with Crippen molar-refractivity contribution in [3.8, 4) is 0 Å². The van der Waals surface area contributed by atoms with Crippen LogP contribution in [-0.2, 0) is 9.31 Å². The number of hydrogen-bond acceptors (Lipinski definition) is 4. The van der Waals surface area contributed by atoms with E-state index < -0.39 is 24.2 Å². The highest BCUT2D eigenvalue weighted by Gasteiger charge is 2.51. The molecule has 6 heteroatoms. The van der Waals surface area contributed by atoms with Gasteiger partial charge >= 0.3 is 7.12 Å². The molecule has 0 saturated carbocycles. The highest BCUT2D eigenvalue weighted by atomic mass is 16.7. The summed E-state index contributed by atoms with van der Waals surface area (Å²) in [5.74, 6) is -0.562. The average Bonchev–Trinajstić information content (AvgIpc) is 2.48. The zero-order valence-electron chi connectivity index (χ0n) is 11.1. The highest BCUT2D eigenvalue weighted by Crippen LogP contribution is 2.36. The van der Waals surface area contributed by atoms with Gasteiger partial charge in [-0.1, -0.05) is 0 Å². The van der Waals surface area contributed by atoms with Gasteiger partial charge in [-0.05, 0) is 45.3 Å². The van der Waals surface area contributed by atoms with Gasteiger partial charge in [-0.25, -0.2) is 0 Å². The molecule has 1 aliphatic heterocycles. The number of amides is 1. The van der Waals surface area contributed by atoms with E-state index in [0.717, 1.165) is 5.46 Å². The Labute approximate surface area is 107 Å². The summed E-state index contributed by atoms with van der Waals surface area (Å²) in [5.41, 5.74) is 5.35. The molecule has 0 aliphatic carbocycles. The van der Waals surface area contributed by atoms with Crippen LogP contribution in [0.2, 0.25) is 0 Å². The van der Waals surface area contributed by atoms with Gasteiger partial charge in [0.25, 0.3) is 5.91 Å². The second kappa shape index (κ2) is 4.07. The molecule has 18 heavy (non-hydrogen) atoms. The largest absolute Gasteiger partial charge is 0.494 e. The first-order chi connectivity index (χ1) is 8.23. The lowest BCUT2D eigenvalue weighted by molar-refractivity contribution is 0.00578. The molecule has 1 amide bonds. The Kier molecular flexibility index (Phi) is 2.95. The Morgan fingerprint density at radius 2 is 1.83 bits per heavy atom. The van der Waals surface area contributed by atoms with Crippen LogP contribution in [0.5, 0.6) is 0 Å². The third-order valence-electron chi connectivity index (χ3n) is 3.56. The maximum Gasteiger partial charge on any atom is 0.494 e. The quantitative estimate of drug-likeness (QED) is 0.772. The summed E-state index contributed by atoms with van der Waals surface area (Å²) in [6.45, 7) is 7.90. The average molecular weight is 248 g/mol. The Balaban J connectivity index is 2.30. The van der Waals surface area contributed by atoms with Gasteiger partial charge in [0.05, 0.1) is 11.2 Å². The van der Waals surface area contributed by atoms with Gasteiger partial charge in [0.1, 0.15) is 5.69 Å². The van der Waals surface area contributed by atoms with Crippen LogP contribution in [0.25, 0.3) is 0 Å². The van der Waals surface area contributed by atoms with Crippen LogP contribution in [0.4, 0.5) is 0 Å². The number of hydrogen-bond donors (Lipinski definition) is 1. The molecule has 96 valence electrons. The summed E-state index contributed by atoms with van der Waals surface area (Å²) in [5, 5.41) is 0. The van der Waals surface area contributed by atoms with Crippen LogP contribution in [0, 0.1) is 0 Å². The number of rotatable bonds is 2. The van der Waals surface area contributed by atoms with E-state index in [9.17, 15) is 4.79 Å². The van der Waals surface area contributed by atoms with Crippen LogP contribution >= 0.6 is 0 Å². The Bertz CT molecular complexity index is 472. The van der Waals surface area contributed by atoms with Crippen molar-refractivity contribution in [3.63, 3.8) is 0 Å². The molecule has 1 aliphatic rings. The minimum absolute atomic E-state index is 0.210. The van der Waals surface area contributed by atoms with Crippen LogP contribution in [0.3, 0.4) is 0 Å². The van der Waals surface area contributed by atoms with Gasteiger partial charge in [0.15, 0.2) is 0 Å². The van der Waals surface area contributed by atoms with Crippen molar-refractivity contribution in [2.45, 2.75) is 38.9 Å². The minimum atomic E-state index is -0.562. The highest BCUT2D eigenvalue weighted by molar-refractivity contribution is 6.62. The summed E-state index contributed by atoms with van der Waals surface area (Å²) in [6, 6.07) is 3.36. The van der Waals surface area contributed by atoms with Gasteiger partial charge < -0.3 is 15.0 Å². The van der Waals surface area contributed by atoms with Crippen LogP contribution in [-0.4, -0.2) is 29.2 Å². The number of primary amides is 1. The molecule has 2 heterocycles. The van der Waals surface area contributed by atoms with E-state index in [1.165, 1.54) is 6.20 Å². The molecule has 0 spiro atoms. The Hall–Kier alpha value is -1.40. The molecule has 1 aromatic rings. The molecular formula is C12H17BN2O3. The second-order valence-electron chi connectivity index (χ2n) is 5.43. The standard InChI is InChI=1S/C12H17BN2O3/c1-11(2)12(3,4)18-13(17-11)8-5-6-15-9(7-8)10(14)16/h5-7H,1-4H3,(H2,14,16). The van der Waals surface area contributed by atoms with E-state index >= 15 is 0 Å². The van der Waals surface area contributed by atoms with Gasteiger partial charge in [-0.2, -0.15) is 0 Å². The molecule has 2 rings (SSSR count). The third-order valence-corrected chi connectivity index (χ3v) is 3.56. The van der Waals surface area contributed by atoms with Crippen molar-refractivity contribution in [3.05, 3.63) is 24.0 Å². The molecule has 0 atom stereocenters. The van der Waals surface area contributed by atoms with Gasteiger partial charge in [0, 0.05) is 6.20 Å². The number of nitrogens with two attached hydrogens (primary N) is 1. The van der Waals surface area contributed by atoms with E-state index in [1.54, 1.807) is 12.1 Å². The summed E-state index contributed by atoms with van der Waals surface area (Å²) >= 11 is 0. The zero-order valence-corrected chi connectivity index (χ0v) is 11.1. The fraction of sp³-hybridized carbons (Fsp3) is 0.500. The molecular weight excluding hydrogens is 231 g/mol. The first kappa shape index (κ1) is 13.0. The summed E-state index contributed by atoms with van der Waals surface area (Å²) < 4.78 is 11.8. The Morgan fingerprint density at radius 3 is 2.33 bits per heavy atom. The number of carbonyl (C=O) groups is 1. The third kappa shape index (κ3) is 2.13. The van der Waals surface area contributed by atoms with E-state index in [1.807, 2.05) is 27.7 Å². The zero-order chi connectivity index (χ0) is 13.6. The van der Waals surface area contributed by atoms with Crippen LogP contribution in [0.1, 0.15) is 38.2 Å². The minimum Gasteiger partial charge on any atom is -0.399 e. The fourth-order valence-corrected chi connectivity index (χ4v) is 1.71. The smallest absolute Gasteiger partial charge is 0.399 e. The first-order valence-electron chi connectivity index (χ1n) is 5.84. The normalized spacial score (nSPS) is 21.0. The van der Waals surface area contributed by atoms with E-state index in [-0.39, 0.29) is 5.69 Å². The lowest BCUT2D eigenvalue weighted by Crippen LogP contribution is -2.41. The number of pyridine rings is 1. The molecule has 0 aromatic carbocycles. The van der Waals surface area contributed by atoms with Gasteiger partial charge in [-0.15, -0.1) is 0 Å². The molecule has 0 bridgehead atoms. The molecule has 0 radical (unpaired) electrons. The van der Waals surface area contributed by atoms with E-state index in [4.69, 9.17) is 15.0 Å². The molecule has 0 unspecified atom stereocenters. The summed E-state index contributed by atoms with van der Waals surface area (Å²) in [7, 11) is -0.504. The number of nitrogens with zero attached hydrogens (tertiary/aromatic N) is 1. The lowest BCUT2D eigenvalue weighted by Gasteiger charge is -2.32. The summed E-state index contributed by atoms with van der Waals surface area (Å²) in [4.78, 5) is 15.0. The Morgan fingerprint density at radius 1 is 1.28 bits per heavy atom. The molecule has 1 aromatic heterocycles. The van der Waals surface area contributed by atoms with Crippen molar-refractivity contribution in [2.24, 2.45) is 5.73 Å². The maximum atomic E-state index is 11.1. The molecule has 5 nitrogen and oxygen atoms in total. The van der Waals surface area contributed by atoms with Crippen LogP contribution in [0.15, 0.2) is 18.3 Å². The van der Waals surface area contributed by atoms with Crippen molar-refractivity contribution < 1.29 is 14.1 Å². The fourth-order valence-electron chi connectivity index (χ4n) is 1.71. The van der Waals surface area contributed by atoms with E-state index in [2.05, 4.69) is 4.98 Å². The molecule has 1 saturated heterocycles. The second-order valence-corrected chi connectivity index (χ2v) is 5.43. The van der Waals surface area contributed by atoms with Crippen molar-refractivity contribution in [1.82, 2.24) is 4.98 Å². The monoisotopic (exact) mass is 248 g/mol. The van der Waals surface area contributed by atoms with Crippen LogP contribution < -0.4 is 11.2 Å². The molecule has 2 N–H and O–H groups in total. The SMILES string of the molecule is CC1(C)OB(c2ccnc(C(N)=O)c2)OC1(C)C. The van der Waals surface area contributed by atoms with Crippen molar-refractivity contribution in [2.75, 3.05) is 0 Å². The first-order valence-corrected chi connectivity index (χ1v) is 5.84.